The Morgan fingerprint density at radius 3 is 2.69 bits per heavy atom. The predicted octanol–water partition coefficient (Wildman–Crippen LogP) is 1.17. The van der Waals surface area contributed by atoms with E-state index in [9.17, 15) is 5.11 Å². The molecule has 94 valence electrons. The number of methoxy groups -OCH3 is 1. The molecule has 0 aromatic carbocycles. The Morgan fingerprint density at radius 2 is 1.88 bits per heavy atom. The Bertz CT molecular complexity index is 209. The van der Waals surface area contributed by atoms with Gasteiger partial charge < -0.3 is 19.3 Å². The highest BCUT2D eigenvalue weighted by Gasteiger charge is 2.44. The van der Waals surface area contributed by atoms with Crippen LogP contribution in [0.3, 0.4) is 0 Å². The second-order valence-electron chi connectivity index (χ2n) is 4.77. The standard InChI is InChI=1S/C12H22O4/c1-14-6-7-15-8-16-12-5-3-9-10(12)2-4-11(9)13/h9-13H,2-8H2,1H3/t9-,10-,11?,12-/m0/s1. The second-order valence-corrected chi connectivity index (χ2v) is 4.77. The van der Waals surface area contributed by atoms with Gasteiger partial charge in [0.1, 0.15) is 6.79 Å². The van der Waals surface area contributed by atoms with Crippen LogP contribution < -0.4 is 0 Å². The zero-order chi connectivity index (χ0) is 11.4. The molecule has 0 saturated heterocycles. The first-order chi connectivity index (χ1) is 7.83. The first-order valence-corrected chi connectivity index (χ1v) is 6.19. The van der Waals surface area contributed by atoms with E-state index in [-0.39, 0.29) is 6.10 Å². The summed E-state index contributed by atoms with van der Waals surface area (Å²) in [6.07, 6.45) is 4.43. The highest BCUT2D eigenvalue weighted by atomic mass is 16.7. The SMILES string of the molecule is COCCOCO[C@H]1CC[C@@H]2C(O)CC[C@H]12. The molecule has 0 aliphatic heterocycles. The van der Waals surface area contributed by atoms with E-state index in [0.717, 1.165) is 25.7 Å². The summed E-state index contributed by atoms with van der Waals surface area (Å²) < 4.78 is 15.9. The molecule has 2 rings (SSSR count). The highest BCUT2D eigenvalue weighted by molar-refractivity contribution is 4.94. The maximum Gasteiger partial charge on any atom is 0.147 e. The average molecular weight is 230 g/mol. The molecule has 16 heavy (non-hydrogen) atoms. The number of ether oxygens (including phenoxy) is 3. The molecule has 2 saturated carbocycles. The highest BCUT2D eigenvalue weighted by Crippen LogP contribution is 2.45. The third-order valence-electron chi connectivity index (χ3n) is 3.90. The quantitative estimate of drug-likeness (QED) is 0.549. The molecule has 2 aliphatic carbocycles. The Balaban J connectivity index is 1.64. The van der Waals surface area contributed by atoms with Crippen molar-refractivity contribution in [3.05, 3.63) is 0 Å². The minimum Gasteiger partial charge on any atom is -0.393 e. The molecule has 0 spiro atoms. The normalized spacial score (nSPS) is 37.9. The number of fused-ring (bicyclic) bond motifs is 1. The maximum absolute atomic E-state index is 9.76. The van der Waals surface area contributed by atoms with Crippen molar-refractivity contribution in [2.24, 2.45) is 11.8 Å². The Hall–Kier alpha value is -0.160. The average Bonchev–Trinajstić information content (AvgIpc) is 2.83. The van der Waals surface area contributed by atoms with E-state index >= 15 is 0 Å². The van der Waals surface area contributed by atoms with Crippen molar-refractivity contribution in [1.82, 2.24) is 0 Å². The van der Waals surface area contributed by atoms with Crippen LogP contribution in [0.25, 0.3) is 0 Å². The van der Waals surface area contributed by atoms with Gasteiger partial charge in [0.2, 0.25) is 0 Å². The number of hydrogen-bond donors (Lipinski definition) is 1. The van der Waals surface area contributed by atoms with Crippen molar-refractivity contribution in [2.45, 2.75) is 37.9 Å². The number of rotatable bonds is 6. The fourth-order valence-corrected chi connectivity index (χ4v) is 3.06. The predicted molar refractivity (Wildman–Crippen MR) is 59.0 cm³/mol. The molecule has 0 aromatic heterocycles. The molecule has 4 nitrogen and oxygen atoms in total. The summed E-state index contributed by atoms with van der Waals surface area (Å²) in [6.45, 7) is 1.55. The summed E-state index contributed by atoms with van der Waals surface area (Å²) in [6, 6.07) is 0. The van der Waals surface area contributed by atoms with Gasteiger partial charge in [-0.25, -0.2) is 0 Å². The zero-order valence-corrected chi connectivity index (χ0v) is 9.93. The summed E-state index contributed by atoms with van der Waals surface area (Å²) in [4.78, 5) is 0. The van der Waals surface area contributed by atoms with E-state index in [0.29, 0.717) is 37.9 Å². The van der Waals surface area contributed by atoms with E-state index in [4.69, 9.17) is 14.2 Å². The van der Waals surface area contributed by atoms with Crippen LogP contribution in [-0.2, 0) is 14.2 Å². The molecule has 2 fully saturated rings. The van der Waals surface area contributed by atoms with E-state index in [2.05, 4.69) is 0 Å². The van der Waals surface area contributed by atoms with E-state index < -0.39 is 0 Å². The summed E-state index contributed by atoms with van der Waals surface area (Å²) in [7, 11) is 1.66. The number of hydrogen-bond acceptors (Lipinski definition) is 4. The molecular weight excluding hydrogens is 208 g/mol. The molecule has 4 heteroatoms. The van der Waals surface area contributed by atoms with Crippen LogP contribution in [-0.4, -0.2) is 44.4 Å². The van der Waals surface area contributed by atoms with Crippen LogP contribution in [0.5, 0.6) is 0 Å². The number of aliphatic hydroxyl groups is 1. The topological polar surface area (TPSA) is 47.9 Å². The van der Waals surface area contributed by atoms with E-state index in [1.54, 1.807) is 7.11 Å². The van der Waals surface area contributed by atoms with Gasteiger partial charge in [-0.1, -0.05) is 0 Å². The molecule has 0 radical (unpaired) electrons. The first kappa shape index (κ1) is 12.3. The summed E-state index contributed by atoms with van der Waals surface area (Å²) in [5.74, 6) is 1.03. The summed E-state index contributed by atoms with van der Waals surface area (Å²) in [5, 5.41) is 9.76. The van der Waals surface area contributed by atoms with Gasteiger partial charge in [-0.05, 0) is 37.5 Å². The van der Waals surface area contributed by atoms with Gasteiger partial charge in [-0.3, -0.25) is 0 Å². The molecular formula is C12H22O4. The molecule has 1 unspecified atom stereocenters. The van der Waals surface area contributed by atoms with Crippen molar-refractivity contribution in [1.29, 1.82) is 0 Å². The smallest absolute Gasteiger partial charge is 0.147 e. The Morgan fingerprint density at radius 1 is 1.06 bits per heavy atom. The van der Waals surface area contributed by atoms with Crippen LogP contribution in [0.2, 0.25) is 0 Å². The summed E-state index contributed by atoms with van der Waals surface area (Å²) in [5.41, 5.74) is 0. The maximum atomic E-state index is 9.76. The van der Waals surface area contributed by atoms with Crippen molar-refractivity contribution in [3.8, 4) is 0 Å². The molecule has 0 aromatic rings. The van der Waals surface area contributed by atoms with Crippen molar-refractivity contribution in [3.63, 3.8) is 0 Å². The van der Waals surface area contributed by atoms with Gasteiger partial charge in [0.15, 0.2) is 0 Å². The number of aliphatic hydroxyl groups excluding tert-OH is 1. The fraction of sp³-hybridized carbons (Fsp3) is 1.00. The van der Waals surface area contributed by atoms with Crippen LogP contribution >= 0.6 is 0 Å². The van der Waals surface area contributed by atoms with Crippen molar-refractivity contribution < 1.29 is 19.3 Å². The molecule has 4 atom stereocenters. The first-order valence-electron chi connectivity index (χ1n) is 6.19. The molecule has 0 heterocycles. The lowest BCUT2D eigenvalue weighted by molar-refractivity contribution is -0.108. The van der Waals surface area contributed by atoms with E-state index in [1.807, 2.05) is 0 Å². The molecule has 0 bridgehead atoms. The van der Waals surface area contributed by atoms with Gasteiger partial charge in [0.25, 0.3) is 0 Å². The van der Waals surface area contributed by atoms with Crippen LogP contribution in [0.1, 0.15) is 25.7 Å². The minimum absolute atomic E-state index is 0.0898. The van der Waals surface area contributed by atoms with Crippen LogP contribution in [0.15, 0.2) is 0 Å². The monoisotopic (exact) mass is 230 g/mol. The van der Waals surface area contributed by atoms with Gasteiger partial charge in [0, 0.05) is 7.11 Å². The molecule has 0 amide bonds. The lowest BCUT2D eigenvalue weighted by Crippen LogP contribution is -2.22. The van der Waals surface area contributed by atoms with Gasteiger partial charge in [-0.15, -0.1) is 0 Å². The largest absolute Gasteiger partial charge is 0.393 e. The Labute approximate surface area is 96.9 Å². The minimum atomic E-state index is -0.0898. The molecule has 1 N–H and O–H groups in total. The van der Waals surface area contributed by atoms with Gasteiger partial charge in [0.05, 0.1) is 25.4 Å². The Kier molecular flexibility index (Phi) is 4.58. The van der Waals surface area contributed by atoms with Crippen molar-refractivity contribution >= 4 is 0 Å². The lowest BCUT2D eigenvalue weighted by Gasteiger charge is -2.19. The lowest BCUT2D eigenvalue weighted by atomic mass is 9.98. The fourth-order valence-electron chi connectivity index (χ4n) is 3.06. The third kappa shape index (κ3) is 2.74. The van der Waals surface area contributed by atoms with Crippen LogP contribution in [0, 0.1) is 11.8 Å². The summed E-state index contributed by atoms with van der Waals surface area (Å²) >= 11 is 0. The second kappa shape index (κ2) is 5.96. The van der Waals surface area contributed by atoms with Crippen LogP contribution in [0.4, 0.5) is 0 Å². The third-order valence-corrected chi connectivity index (χ3v) is 3.90. The zero-order valence-electron chi connectivity index (χ0n) is 9.93. The van der Waals surface area contributed by atoms with Crippen molar-refractivity contribution in [2.75, 3.05) is 27.1 Å². The van der Waals surface area contributed by atoms with Gasteiger partial charge in [-0.2, -0.15) is 0 Å². The van der Waals surface area contributed by atoms with Gasteiger partial charge >= 0.3 is 0 Å². The molecule has 2 aliphatic rings. The van der Waals surface area contributed by atoms with E-state index in [1.165, 1.54) is 0 Å².